The van der Waals surface area contributed by atoms with Crippen LogP contribution in [0.1, 0.15) is 15.9 Å². The molecule has 1 amide bonds. The van der Waals surface area contributed by atoms with Crippen molar-refractivity contribution in [3.8, 4) is 0 Å². The van der Waals surface area contributed by atoms with Crippen molar-refractivity contribution < 1.29 is 23.9 Å². The van der Waals surface area contributed by atoms with Crippen LogP contribution in [0.3, 0.4) is 0 Å². The van der Waals surface area contributed by atoms with Gasteiger partial charge in [-0.3, -0.25) is 4.79 Å². The summed E-state index contributed by atoms with van der Waals surface area (Å²) in [6.45, 7) is 0.550. The number of nitrogens with one attached hydrogen (secondary N) is 1. The van der Waals surface area contributed by atoms with Gasteiger partial charge in [-0.25, -0.2) is 9.59 Å². The van der Waals surface area contributed by atoms with E-state index in [-0.39, 0.29) is 13.2 Å². The lowest BCUT2D eigenvalue weighted by molar-refractivity contribution is -0.153. The van der Waals surface area contributed by atoms with Crippen LogP contribution in [-0.4, -0.2) is 29.0 Å². The Balaban J connectivity index is 1.39. The number of nitrogens with zero attached hydrogens (tertiary/aromatic N) is 1. The first kappa shape index (κ1) is 21.8. The predicted octanol–water partition coefficient (Wildman–Crippen LogP) is 4.18. The molecule has 7 nitrogen and oxygen atoms in total. The van der Waals surface area contributed by atoms with Crippen molar-refractivity contribution in [2.24, 2.45) is 0 Å². The quantitative estimate of drug-likeness (QED) is 0.343. The van der Waals surface area contributed by atoms with Gasteiger partial charge in [0.25, 0.3) is 0 Å². The average molecular weight is 442 g/mol. The van der Waals surface area contributed by atoms with E-state index >= 15 is 0 Å². The zero-order valence-corrected chi connectivity index (χ0v) is 17.8. The second kappa shape index (κ2) is 10.3. The van der Waals surface area contributed by atoms with Crippen LogP contribution in [0.4, 0.5) is 5.69 Å². The Hall–Kier alpha value is -4.39. The molecular weight excluding hydrogens is 420 g/mol. The van der Waals surface area contributed by atoms with Gasteiger partial charge in [0, 0.05) is 11.6 Å². The molecule has 4 aromatic rings. The number of hydrogen-bond acceptors (Lipinski definition) is 5. The van der Waals surface area contributed by atoms with Gasteiger partial charge in [0.1, 0.15) is 13.2 Å². The first-order valence-electron chi connectivity index (χ1n) is 10.4. The number of rotatable bonds is 7. The van der Waals surface area contributed by atoms with Gasteiger partial charge in [-0.1, -0.05) is 66.7 Å². The summed E-state index contributed by atoms with van der Waals surface area (Å²) in [7, 11) is 0. The Bertz CT molecular complexity index is 1270. The molecular formula is C26H22N2O5. The monoisotopic (exact) mass is 442 g/mol. The Morgan fingerprint density at radius 3 is 2.21 bits per heavy atom. The number of para-hydroxylation sites is 1. The normalized spacial score (nSPS) is 10.5. The third-order valence-electron chi connectivity index (χ3n) is 5.01. The molecule has 166 valence electrons. The molecule has 7 heteroatoms. The predicted molar refractivity (Wildman–Crippen MR) is 124 cm³/mol. The summed E-state index contributed by atoms with van der Waals surface area (Å²) in [6, 6.07) is 25.3. The Morgan fingerprint density at radius 2 is 1.45 bits per heavy atom. The van der Waals surface area contributed by atoms with Crippen LogP contribution in [0.15, 0.2) is 91.1 Å². The topological polar surface area (TPSA) is 86.6 Å². The van der Waals surface area contributed by atoms with Crippen LogP contribution in [0.5, 0.6) is 0 Å². The number of benzene rings is 3. The minimum Gasteiger partial charge on any atom is -0.460 e. The number of anilines is 1. The molecule has 0 bridgehead atoms. The summed E-state index contributed by atoms with van der Waals surface area (Å²) < 4.78 is 12.3. The zero-order chi connectivity index (χ0) is 23.0. The number of amides is 1. The largest absolute Gasteiger partial charge is 0.460 e. The summed E-state index contributed by atoms with van der Waals surface area (Å²) in [5.74, 6) is -2.22. The van der Waals surface area contributed by atoms with Gasteiger partial charge in [0.05, 0.1) is 23.3 Å². The van der Waals surface area contributed by atoms with Crippen molar-refractivity contribution in [2.45, 2.75) is 13.2 Å². The van der Waals surface area contributed by atoms with Crippen LogP contribution in [0.25, 0.3) is 10.9 Å². The lowest BCUT2D eigenvalue weighted by Crippen LogP contribution is -2.24. The summed E-state index contributed by atoms with van der Waals surface area (Å²) in [5.41, 5.74) is 2.58. The Morgan fingerprint density at radius 1 is 0.788 bits per heavy atom. The molecule has 0 aliphatic carbocycles. The maximum absolute atomic E-state index is 12.4. The Kier molecular flexibility index (Phi) is 6.80. The maximum atomic E-state index is 12.4. The average Bonchev–Trinajstić information content (AvgIpc) is 3.21. The van der Waals surface area contributed by atoms with E-state index in [4.69, 9.17) is 9.47 Å². The van der Waals surface area contributed by atoms with E-state index in [9.17, 15) is 14.4 Å². The fraction of sp³-hybridized carbons (Fsp3) is 0.115. The molecule has 0 aliphatic rings. The second-order valence-electron chi connectivity index (χ2n) is 7.27. The second-order valence-corrected chi connectivity index (χ2v) is 7.27. The number of carbonyl (C=O) groups excluding carboxylic acids is 3. The van der Waals surface area contributed by atoms with Crippen molar-refractivity contribution in [3.05, 3.63) is 102 Å². The highest BCUT2D eigenvalue weighted by molar-refractivity contribution is 6.38. The fourth-order valence-electron chi connectivity index (χ4n) is 3.39. The van der Waals surface area contributed by atoms with Gasteiger partial charge in [-0.05, 0) is 23.8 Å². The van der Waals surface area contributed by atoms with Crippen molar-refractivity contribution in [3.63, 3.8) is 0 Å². The lowest BCUT2D eigenvalue weighted by Gasteiger charge is -2.07. The molecule has 1 aromatic heterocycles. The van der Waals surface area contributed by atoms with Crippen LogP contribution in [-0.2, 0) is 32.2 Å². The molecule has 0 fully saturated rings. The first-order valence-corrected chi connectivity index (χ1v) is 10.4. The molecule has 0 unspecified atom stereocenters. The Labute approximate surface area is 190 Å². The van der Waals surface area contributed by atoms with Crippen molar-refractivity contribution in [2.75, 3.05) is 11.9 Å². The van der Waals surface area contributed by atoms with Gasteiger partial charge >= 0.3 is 17.8 Å². The summed E-state index contributed by atoms with van der Waals surface area (Å²) in [6.07, 6.45) is 1.71. The summed E-state index contributed by atoms with van der Waals surface area (Å²) in [4.78, 5) is 36.7. The first-order chi connectivity index (χ1) is 16.1. The molecule has 0 radical (unpaired) electrons. The molecule has 1 heterocycles. The van der Waals surface area contributed by atoms with Crippen LogP contribution >= 0.6 is 0 Å². The van der Waals surface area contributed by atoms with E-state index in [0.29, 0.717) is 17.8 Å². The van der Waals surface area contributed by atoms with E-state index in [2.05, 4.69) is 5.32 Å². The minimum atomic E-state index is -0.965. The van der Waals surface area contributed by atoms with E-state index in [1.165, 1.54) is 0 Å². The zero-order valence-electron chi connectivity index (χ0n) is 17.8. The molecule has 0 saturated heterocycles. The SMILES string of the molecule is O=C(Nc1cn(CCOC(=O)c2ccccc2)c2ccccc12)C(=O)OCc1ccccc1. The molecule has 0 saturated carbocycles. The van der Waals surface area contributed by atoms with Gasteiger partial charge < -0.3 is 19.4 Å². The molecule has 3 aromatic carbocycles. The molecule has 0 aliphatic heterocycles. The van der Waals surface area contributed by atoms with Gasteiger partial charge in [0.15, 0.2) is 0 Å². The van der Waals surface area contributed by atoms with Crippen LogP contribution in [0.2, 0.25) is 0 Å². The molecule has 4 rings (SSSR count). The summed E-state index contributed by atoms with van der Waals surface area (Å²) >= 11 is 0. The van der Waals surface area contributed by atoms with E-state index in [1.807, 2.05) is 65.2 Å². The number of aromatic nitrogens is 1. The number of ether oxygens (including phenoxy) is 2. The lowest BCUT2D eigenvalue weighted by atomic mass is 10.2. The van der Waals surface area contributed by atoms with Gasteiger partial charge in [-0.15, -0.1) is 0 Å². The van der Waals surface area contributed by atoms with Crippen molar-refractivity contribution in [1.82, 2.24) is 4.57 Å². The molecule has 1 N–H and O–H groups in total. The smallest absolute Gasteiger partial charge is 0.397 e. The number of carbonyl (C=O) groups is 3. The van der Waals surface area contributed by atoms with E-state index < -0.39 is 17.8 Å². The highest BCUT2D eigenvalue weighted by Gasteiger charge is 2.18. The third-order valence-corrected chi connectivity index (χ3v) is 5.01. The number of fused-ring (bicyclic) bond motifs is 1. The fourth-order valence-corrected chi connectivity index (χ4v) is 3.39. The van der Waals surface area contributed by atoms with Gasteiger partial charge in [-0.2, -0.15) is 0 Å². The highest BCUT2D eigenvalue weighted by Crippen LogP contribution is 2.26. The van der Waals surface area contributed by atoms with Crippen LogP contribution < -0.4 is 5.32 Å². The van der Waals surface area contributed by atoms with Crippen LogP contribution in [0, 0.1) is 0 Å². The number of hydrogen-bond donors (Lipinski definition) is 1. The molecule has 0 atom stereocenters. The third kappa shape index (κ3) is 5.46. The van der Waals surface area contributed by atoms with Crippen molar-refractivity contribution in [1.29, 1.82) is 0 Å². The van der Waals surface area contributed by atoms with Crippen molar-refractivity contribution >= 4 is 34.4 Å². The standard InChI is InChI=1S/C26H22N2O5/c29-24(26(31)33-18-19-9-3-1-4-10-19)27-22-17-28(23-14-8-7-13-21(22)23)15-16-32-25(30)20-11-5-2-6-12-20/h1-14,17H,15-16,18H2,(H,27,29). The maximum Gasteiger partial charge on any atom is 0.397 e. The number of esters is 2. The molecule has 0 spiro atoms. The van der Waals surface area contributed by atoms with Gasteiger partial charge in [0.2, 0.25) is 0 Å². The van der Waals surface area contributed by atoms with E-state index in [0.717, 1.165) is 16.5 Å². The highest BCUT2D eigenvalue weighted by atomic mass is 16.5. The molecule has 33 heavy (non-hydrogen) atoms. The van der Waals surface area contributed by atoms with E-state index in [1.54, 1.807) is 30.5 Å². The minimum absolute atomic E-state index is 0.0155. The summed E-state index contributed by atoms with van der Waals surface area (Å²) in [5, 5.41) is 3.38.